The lowest BCUT2D eigenvalue weighted by atomic mass is 9.66. The van der Waals surface area contributed by atoms with Crippen LogP contribution >= 0.6 is 11.3 Å². The van der Waals surface area contributed by atoms with E-state index in [2.05, 4.69) is 26.1 Å². The quantitative estimate of drug-likeness (QED) is 0.519. The highest BCUT2D eigenvalue weighted by atomic mass is 32.1. The molecule has 1 aliphatic carbocycles. The van der Waals surface area contributed by atoms with Crippen LogP contribution in [0.25, 0.3) is 0 Å². The number of nitrogens with zero attached hydrogens (tertiary/aromatic N) is 6. The van der Waals surface area contributed by atoms with Crippen molar-refractivity contribution in [1.29, 1.82) is 5.26 Å². The summed E-state index contributed by atoms with van der Waals surface area (Å²) in [4.78, 5) is 29.3. The van der Waals surface area contributed by atoms with E-state index in [0.29, 0.717) is 36.1 Å². The van der Waals surface area contributed by atoms with Crippen molar-refractivity contribution in [3.63, 3.8) is 0 Å². The van der Waals surface area contributed by atoms with Crippen LogP contribution in [0.15, 0.2) is 6.07 Å². The predicted octanol–water partition coefficient (Wildman–Crippen LogP) is 3.15. The van der Waals surface area contributed by atoms with E-state index in [1.807, 2.05) is 6.07 Å². The number of nitrogens with two attached hydrogens (primary N) is 1. The van der Waals surface area contributed by atoms with Gasteiger partial charge < -0.3 is 25.6 Å². The number of halogens is 1. The van der Waals surface area contributed by atoms with Crippen molar-refractivity contribution >= 4 is 33.9 Å². The maximum atomic E-state index is 14.4. The number of hydrogen-bond donors (Lipinski definition) is 2. The molecule has 4 fully saturated rings. The van der Waals surface area contributed by atoms with Gasteiger partial charge in [-0.3, -0.25) is 9.69 Å². The van der Waals surface area contributed by atoms with Crippen LogP contribution in [-0.4, -0.2) is 84.4 Å². The zero-order chi connectivity index (χ0) is 29.1. The largest absolute Gasteiger partial charge is 0.461 e. The van der Waals surface area contributed by atoms with Gasteiger partial charge in [-0.1, -0.05) is 0 Å². The number of fused-ring (bicyclic) bond motifs is 3. The number of nitrogen functional groups attached to an aromatic ring is 1. The van der Waals surface area contributed by atoms with Crippen LogP contribution in [0.1, 0.15) is 67.9 Å². The summed E-state index contributed by atoms with van der Waals surface area (Å²) in [5.74, 6) is 1.63. The number of amides is 1. The minimum atomic E-state index is -0.816. The molecule has 6 heterocycles. The van der Waals surface area contributed by atoms with Crippen LogP contribution in [0.3, 0.4) is 0 Å². The first-order valence-electron chi connectivity index (χ1n) is 15.3. The van der Waals surface area contributed by atoms with E-state index in [4.69, 9.17) is 20.4 Å². The van der Waals surface area contributed by atoms with Gasteiger partial charge >= 0.3 is 6.01 Å². The van der Waals surface area contributed by atoms with Crippen LogP contribution < -0.4 is 25.6 Å². The van der Waals surface area contributed by atoms with E-state index in [0.717, 1.165) is 94.9 Å². The third-order valence-electron chi connectivity index (χ3n) is 10.2. The van der Waals surface area contributed by atoms with Gasteiger partial charge in [-0.2, -0.15) is 15.2 Å². The third-order valence-corrected chi connectivity index (χ3v) is 11.2. The van der Waals surface area contributed by atoms with E-state index in [9.17, 15) is 14.4 Å². The lowest BCUT2D eigenvalue weighted by molar-refractivity contribution is -0.119. The highest BCUT2D eigenvalue weighted by molar-refractivity contribution is 7.16. The Labute approximate surface area is 250 Å². The van der Waals surface area contributed by atoms with Gasteiger partial charge in [0.15, 0.2) is 0 Å². The van der Waals surface area contributed by atoms with Gasteiger partial charge in [0.05, 0.1) is 11.1 Å². The number of hydrogen-bond acceptors (Lipinski definition) is 10. The Hall–Kier alpha value is -3.17. The number of thiophene rings is 1. The Bertz CT molecular complexity index is 1410. The average molecular weight is 595 g/mol. The molecule has 0 bridgehead atoms. The van der Waals surface area contributed by atoms with Gasteiger partial charge in [0.2, 0.25) is 5.91 Å². The monoisotopic (exact) mass is 594 g/mol. The standard InChI is InChI=1S/C30H39FN8O2S/c1-19(40)34-21-5-10-37(11-6-21)24-12-25(36-28(35-24)41-18-30-8-3-9-39(30)15-20(31)13-30)38-16-29(17-38)7-2-4-23-26(29)22(14-32)27(33)42-23/h12,20-21H,2-11,13,15-18,33H2,1H3,(H,34,40)/t20-,30+/m1/s1. The van der Waals surface area contributed by atoms with Crippen molar-refractivity contribution in [3.05, 3.63) is 22.1 Å². The third kappa shape index (κ3) is 4.74. The van der Waals surface area contributed by atoms with E-state index < -0.39 is 6.17 Å². The normalized spacial score (nSPS) is 26.9. The Kier molecular flexibility index (Phi) is 6.93. The number of aromatic nitrogens is 2. The number of carbonyl (C=O) groups excluding carboxylic acids is 1. The molecule has 0 saturated carbocycles. The van der Waals surface area contributed by atoms with Crippen LogP contribution in [-0.2, 0) is 16.6 Å². The SMILES string of the molecule is CC(=O)NC1CCN(c2cc(N3CC4(CCCc5sc(N)c(C#N)c54)C3)nc(OC[C@@]34CCCN3C[C@H](F)C4)n2)CC1. The van der Waals surface area contributed by atoms with E-state index in [1.54, 1.807) is 18.3 Å². The number of carbonyl (C=O) groups is 1. The zero-order valence-electron chi connectivity index (χ0n) is 24.2. The van der Waals surface area contributed by atoms with Crippen molar-refractivity contribution in [2.75, 3.05) is 61.4 Å². The number of ether oxygens (including phenoxy) is 1. The molecule has 0 radical (unpaired) electrons. The number of nitrogens with one attached hydrogen (secondary N) is 1. The molecule has 10 nitrogen and oxygen atoms in total. The molecule has 42 heavy (non-hydrogen) atoms. The van der Waals surface area contributed by atoms with Gasteiger partial charge in [0.25, 0.3) is 0 Å². The molecule has 0 aromatic carbocycles. The number of rotatable bonds is 6. The topological polar surface area (TPSA) is 124 Å². The number of anilines is 3. The molecule has 0 unspecified atom stereocenters. The minimum absolute atomic E-state index is 0.000683. The second-order valence-electron chi connectivity index (χ2n) is 12.9. The second-order valence-corrected chi connectivity index (χ2v) is 14.1. The second kappa shape index (κ2) is 10.5. The number of piperidine rings is 1. The predicted molar refractivity (Wildman–Crippen MR) is 160 cm³/mol. The molecular formula is C30H39FN8O2S. The molecule has 1 spiro atoms. The van der Waals surface area contributed by atoms with Gasteiger partial charge in [-0.05, 0) is 57.1 Å². The smallest absolute Gasteiger partial charge is 0.320 e. The summed E-state index contributed by atoms with van der Waals surface area (Å²) in [5.41, 5.74) is 7.71. The fourth-order valence-electron chi connectivity index (χ4n) is 8.20. The Balaban J connectivity index is 1.14. The van der Waals surface area contributed by atoms with Crippen LogP contribution in [0.5, 0.6) is 6.01 Å². The molecule has 5 aliphatic rings. The lowest BCUT2D eigenvalue weighted by Gasteiger charge is -2.53. The highest BCUT2D eigenvalue weighted by Crippen LogP contribution is 2.51. The fraction of sp³-hybridized carbons (Fsp3) is 0.667. The number of aryl methyl sites for hydroxylation is 1. The first kappa shape index (κ1) is 27.7. The molecule has 4 saturated heterocycles. The van der Waals surface area contributed by atoms with Gasteiger partial charge in [-0.15, -0.1) is 11.3 Å². The Morgan fingerprint density at radius 2 is 1.98 bits per heavy atom. The zero-order valence-corrected chi connectivity index (χ0v) is 25.0. The Morgan fingerprint density at radius 1 is 1.21 bits per heavy atom. The highest BCUT2D eigenvalue weighted by Gasteiger charge is 2.51. The molecule has 2 aromatic heterocycles. The molecule has 1 amide bonds. The summed E-state index contributed by atoms with van der Waals surface area (Å²) in [6, 6.07) is 4.92. The molecule has 224 valence electrons. The maximum absolute atomic E-state index is 14.4. The van der Waals surface area contributed by atoms with Crippen LogP contribution in [0.4, 0.5) is 21.0 Å². The minimum Gasteiger partial charge on any atom is -0.461 e. The average Bonchev–Trinajstić information content (AvgIpc) is 3.59. The van der Waals surface area contributed by atoms with Crippen LogP contribution in [0, 0.1) is 11.3 Å². The summed E-state index contributed by atoms with van der Waals surface area (Å²) < 4.78 is 20.7. The molecule has 2 atom stereocenters. The molecular weight excluding hydrogens is 555 g/mol. The molecule has 12 heteroatoms. The number of alkyl halides is 1. The number of nitriles is 1. The van der Waals surface area contributed by atoms with Crippen molar-refractivity contribution in [1.82, 2.24) is 20.2 Å². The lowest BCUT2D eigenvalue weighted by Crippen LogP contribution is -2.61. The molecule has 4 aliphatic heterocycles. The molecule has 2 aromatic rings. The molecule has 3 N–H and O–H groups in total. The van der Waals surface area contributed by atoms with Crippen molar-refractivity contribution < 1.29 is 13.9 Å². The summed E-state index contributed by atoms with van der Waals surface area (Å²) in [5, 5.41) is 13.6. The molecule has 7 rings (SSSR count). The van der Waals surface area contributed by atoms with Gasteiger partial charge in [-0.25, -0.2) is 4.39 Å². The van der Waals surface area contributed by atoms with Gasteiger partial charge in [0, 0.05) is 68.5 Å². The summed E-state index contributed by atoms with van der Waals surface area (Å²) in [7, 11) is 0. The fourth-order valence-corrected chi connectivity index (χ4v) is 9.38. The Morgan fingerprint density at radius 3 is 2.71 bits per heavy atom. The van der Waals surface area contributed by atoms with Crippen molar-refractivity contribution in [3.8, 4) is 12.1 Å². The maximum Gasteiger partial charge on any atom is 0.320 e. The van der Waals surface area contributed by atoms with E-state index in [1.165, 1.54) is 4.88 Å². The van der Waals surface area contributed by atoms with Crippen LogP contribution in [0.2, 0.25) is 0 Å². The van der Waals surface area contributed by atoms with Crippen molar-refractivity contribution in [2.24, 2.45) is 0 Å². The van der Waals surface area contributed by atoms with Crippen molar-refractivity contribution in [2.45, 2.75) is 81.5 Å². The van der Waals surface area contributed by atoms with Gasteiger partial charge in [0.1, 0.15) is 35.5 Å². The summed E-state index contributed by atoms with van der Waals surface area (Å²) in [6.07, 6.45) is 6.46. The summed E-state index contributed by atoms with van der Waals surface area (Å²) >= 11 is 1.57. The summed E-state index contributed by atoms with van der Waals surface area (Å²) in [6.45, 7) is 6.42. The van der Waals surface area contributed by atoms with E-state index in [-0.39, 0.29) is 22.9 Å². The first-order valence-corrected chi connectivity index (χ1v) is 16.1. The van der Waals surface area contributed by atoms with E-state index >= 15 is 0 Å². The first-order chi connectivity index (χ1) is 20.3.